The van der Waals surface area contributed by atoms with Crippen molar-refractivity contribution in [2.75, 3.05) is 6.67 Å². The van der Waals surface area contributed by atoms with Gasteiger partial charge in [0.05, 0.1) is 6.67 Å². The van der Waals surface area contributed by atoms with Gasteiger partial charge in [-0.2, -0.15) is 0 Å². The van der Waals surface area contributed by atoms with E-state index in [4.69, 9.17) is 5.53 Å². The van der Waals surface area contributed by atoms with Crippen molar-refractivity contribution in [3.05, 3.63) is 82.2 Å². The largest absolute Gasteiger partial charge is 0.309 e. The van der Waals surface area contributed by atoms with Gasteiger partial charge in [0.15, 0.2) is 0 Å². The third kappa shape index (κ3) is 6.00. The highest BCUT2D eigenvalue weighted by Gasteiger charge is 2.08. The molecule has 2 aromatic rings. The Hall–Kier alpha value is -2.29. The molecular weight excluding hydrogens is 272 g/mol. The fraction of sp³-hybridized carbons (Fsp3) is 0.333. The third-order valence-electron chi connectivity index (χ3n) is 3.76. The number of hydrogen-bond donors (Lipinski definition) is 1. The van der Waals surface area contributed by atoms with Crippen molar-refractivity contribution in [2.24, 2.45) is 5.11 Å². The van der Waals surface area contributed by atoms with Gasteiger partial charge in [-0.15, -0.1) is 0 Å². The molecule has 0 unspecified atom stereocenters. The average molecular weight is 294 g/mol. The summed E-state index contributed by atoms with van der Waals surface area (Å²) in [6.07, 6.45) is 4.14. The van der Waals surface area contributed by atoms with Crippen LogP contribution in [0.4, 0.5) is 0 Å². The minimum absolute atomic E-state index is 0.352. The Labute approximate surface area is 131 Å². The molecule has 0 aliphatic rings. The van der Waals surface area contributed by atoms with Crippen LogP contribution in [0.5, 0.6) is 0 Å². The van der Waals surface area contributed by atoms with Gasteiger partial charge >= 0.3 is 0 Å². The fourth-order valence-corrected chi connectivity index (χ4v) is 2.52. The van der Waals surface area contributed by atoms with Gasteiger partial charge in [0.25, 0.3) is 0 Å². The molecule has 0 atom stereocenters. The molecule has 0 aliphatic heterocycles. The summed E-state index contributed by atoms with van der Waals surface area (Å²) < 4.78 is 0. The van der Waals surface area contributed by atoms with Gasteiger partial charge in [0, 0.05) is 11.0 Å². The van der Waals surface area contributed by atoms with E-state index in [1.807, 2.05) is 12.1 Å². The SMILES string of the molecule is [N-]=[N+]=NCNC(CCc1ccccc1)CCc1ccccc1. The van der Waals surface area contributed by atoms with Crippen LogP contribution in [-0.2, 0) is 12.8 Å². The van der Waals surface area contributed by atoms with Gasteiger partial charge in [-0.3, -0.25) is 0 Å². The van der Waals surface area contributed by atoms with E-state index < -0.39 is 0 Å². The van der Waals surface area contributed by atoms with E-state index >= 15 is 0 Å². The lowest BCUT2D eigenvalue weighted by Crippen LogP contribution is -2.30. The van der Waals surface area contributed by atoms with E-state index in [-0.39, 0.29) is 0 Å². The molecule has 22 heavy (non-hydrogen) atoms. The van der Waals surface area contributed by atoms with Gasteiger partial charge in [-0.05, 0) is 42.3 Å². The van der Waals surface area contributed by atoms with Crippen LogP contribution in [0, 0.1) is 0 Å². The number of nitrogens with zero attached hydrogens (tertiary/aromatic N) is 3. The second-order valence-corrected chi connectivity index (χ2v) is 5.34. The summed E-state index contributed by atoms with van der Waals surface area (Å²) in [6, 6.07) is 21.3. The van der Waals surface area contributed by atoms with Crippen molar-refractivity contribution in [1.82, 2.24) is 5.32 Å². The summed E-state index contributed by atoms with van der Waals surface area (Å²) in [5.41, 5.74) is 11.1. The molecule has 0 fully saturated rings. The molecule has 0 aromatic heterocycles. The number of hydrogen-bond acceptors (Lipinski definition) is 2. The molecule has 2 aromatic carbocycles. The molecule has 0 heterocycles. The van der Waals surface area contributed by atoms with E-state index in [9.17, 15) is 0 Å². The van der Waals surface area contributed by atoms with E-state index in [0.717, 1.165) is 25.7 Å². The Kier molecular flexibility index (Phi) is 7.03. The standard InChI is InChI=1S/C18H22N4/c19-22-21-15-20-18(13-11-16-7-3-1-4-8-16)14-12-17-9-5-2-6-10-17/h1-10,18,20H,11-15H2. The van der Waals surface area contributed by atoms with Gasteiger partial charge in [0.1, 0.15) is 0 Å². The molecule has 0 spiro atoms. The zero-order valence-electron chi connectivity index (χ0n) is 12.7. The molecular formula is C18H22N4. The van der Waals surface area contributed by atoms with Crippen molar-refractivity contribution >= 4 is 0 Å². The van der Waals surface area contributed by atoms with Crippen LogP contribution in [0.1, 0.15) is 24.0 Å². The molecule has 4 nitrogen and oxygen atoms in total. The molecule has 0 radical (unpaired) electrons. The van der Waals surface area contributed by atoms with Gasteiger partial charge < -0.3 is 5.32 Å². The number of nitrogens with one attached hydrogen (secondary N) is 1. The normalized spacial score (nSPS) is 10.4. The zero-order chi connectivity index (χ0) is 15.5. The maximum Gasteiger partial charge on any atom is 0.0748 e. The van der Waals surface area contributed by atoms with Crippen LogP contribution in [0.25, 0.3) is 10.4 Å². The topological polar surface area (TPSA) is 60.8 Å². The molecule has 4 heteroatoms. The molecule has 1 N–H and O–H groups in total. The lowest BCUT2D eigenvalue weighted by Gasteiger charge is -2.17. The quantitative estimate of drug-likeness (QED) is 0.414. The van der Waals surface area contributed by atoms with E-state index in [1.165, 1.54) is 11.1 Å². The first-order valence-electron chi connectivity index (χ1n) is 7.70. The fourth-order valence-electron chi connectivity index (χ4n) is 2.52. The van der Waals surface area contributed by atoms with Crippen molar-refractivity contribution in [1.29, 1.82) is 0 Å². The van der Waals surface area contributed by atoms with Crippen LogP contribution in [0.3, 0.4) is 0 Å². The van der Waals surface area contributed by atoms with Crippen LogP contribution >= 0.6 is 0 Å². The van der Waals surface area contributed by atoms with Crippen molar-refractivity contribution in [3.63, 3.8) is 0 Å². The summed E-state index contributed by atoms with van der Waals surface area (Å²) in [6.45, 7) is 0.352. The number of azide groups is 1. The molecule has 0 amide bonds. The third-order valence-corrected chi connectivity index (χ3v) is 3.76. The number of rotatable bonds is 9. The van der Waals surface area contributed by atoms with Crippen molar-refractivity contribution in [3.8, 4) is 0 Å². The summed E-state index contributed by atoms with van der Waals surface area (Å²) in [5.74, 6) is 0. The Bertz CT molecular complexity index is 533. The van der Waals surface area contributed by atoms with E-state index in [2.05, 4.69) is 63.9 Å². The molecule has 0 saturated carbocycles. The van der Waals surface area contributed by atoms with Crippen molar-refractivity contribution < 1.29 is 0 Å². The zero-order valence-corrected chi connectivity index (χ0v) is 12.7. The van der Waals surface area contributed by atoms with E-state index in [1.54, 1.807) is 0 Å². The lowest BCUT2D eigenvalue weighted by molar-refractivity contribution is 0.459. The first-order chi connectivity index (χ1) is 10.9. The highest BCUT2D eigenvalue weighted by molar-refractivity contribution is 5.16. The number of aryl methyl sites for hydroxylation is 2. The Balaban J connectivity index is 1.85. The van der Waals surface area contributed by atoms with Crippen LogP contribution in [0.2, 0.25) is 0 Å². The molecule has 0 bridgehead atoms. The predicted molar refractivity (Wildman–Crippen MR) is 90.5 cm³/mol. The summed E-state index contributed by atoms with van der Waals surface area (Å²) in [7, 11) is 0. The Morgan fingerprint density at radius 3 is 1.82 bits per heavy atom. The van der Waals surface area contributed by atoms with Gasteiger partial charge in [-0.1, -0.05) is 65.8 Å². The second kappa shape index (κ2) is 9.61. The molecule has 114 valence electrons. The first kappa shape index (κ1) is 16.1. The number of benzene rings is 2. The smallest absolute Gasteiger partial charge is 0.0748 e. The minimum Gasteiger partial charge on any atom is -0.309 e. The highest BCUT2D eigenvalue weighted by atomic mass is 15.2. The molecule has 2 rings (SSSR count). The first-order valence-corrected chi connectivity index (χ1v) is 7.70. The maximum absolute atomic E-state index is 8.41. The van der Waals surface area contributed by atoms with Crippen LogP contribution in [-0.4, -0.2) is 12.7 Å². The van der Waals surface area contributed by atoms with Crippen LogP contribution in [0.15, 0.2) is 65.8 Å². The van der Waals surface area contributed by atoms with Gasteiger partial charge in [-0.25, -0.2) is 0 Å². The monoisotopic (exact) mass is 294 g/mol. The van der Waals surface area contributed by atoms with Gasteiger partial charge in [0.2, 0.25) is 0 Å². The van der Waals surface area contributed by atoms with Crippen molar-refractivity contribution in [2.45, 2.75) is 31.7 Å². The highest BCUT2D eigenvalue weighted by Crippen LogP contribution is 2.11. The molecule has 0 saturated heterocycles. The predicted octanol–water partition coefficient (Wildman–Crippen LogP) is 4.48. The van der Waals surface area contributed by atoms with E-state index in [0.29, 0.717) is 12.7 Å². The Morgan fingerprint density at radius 2 is 1.36 bits per heavy atom. The summed E-state index contributed by atoms with van der Waals surface area (Å²) >= 11 is 0. The Morgan fingerprint density at radius 1 is 0.864 bits per heavy atom. The molecule has 0 aliphatic carbocycles. The minimum atomic E-state index is 0.352. The van der Waals surface area contributed by atoms with Crippen LogP contribution < -0.4 is 5.32 Å². The second-order valence-electron chi connectivity index (χ2n) is 5.34. The summed E-state index contributed by atoms with van der Waals surface area (Å²) in [4.78, 5) is 2.81. The average Bonchev–Trinajstić information content (AvgIpc) is 2.59. The summed E-state index contributed by atoms with van der Waals surface area (Å²) in [5, 5.41) is 6.93. The lowest BCUT2D eigenvalue weighted by atomic mass is 9.99. The maximum atomic E-state index is 8.41.